The van der Waals surface area contributed by atoms with Gasteiger partial charge in [-0.3, -0.25) is 0 Å². The van der Waals surface area contributed by atoms with Crippen LogP contribution in [0.25, 0.3) is 0 Å². The van der Waals surface area contributed by atoms with Crippen LogP contribution in [0.4, 0.5) is 0 Å². The second-order valence-corrected chi connectivity index (χ2v) is 8.31. The molecule has 2 aromatic rings. The van der Waals surface area contributed by atoms with Crippen molar-refractivity contribution in [3.8, 4) is 0 Å². The fourth-order valence-corrected chi connectivity index (χ4v) is 4.55. The molecule has 1 unspecified atom stereocenters. The molecule has 0 aliphatic heterocycles. The van der Waals surface area contributed by atoms with Gasteiger partial charge in [0, 0.05) is 9.35 Å². The summed E-state index contributed by atoms with van der Waals surface area (Å²) >= 11 is 8.97. The molecule has 20 heavy (non-hydrogen) atoms. The first-order valence-electron chi connectivity index (χ1n) is 6.69. The average molecular weight is 417 g/mol. The lowest BCUT2D eigenvalue weighted by molar-refractivity contribution is 0.636. The maximum atomic E-state index is 3.61. The molecule has 1 aromatic heterocycles. The minimum Gasteiger partial charge on any atom is -0.306 e. The van der Waals surface area contributed by atoms with Crippen molar-refractivity contribution in [2.45, 2.75) is 33.7 Å². The SMILES string of the molecule is CCNC(c1cc(Br)c(Br)s1)c1cc(C)c(C)cc1C. The van der Waals surface area contributed by atoms with Gasteiger partial charge < -0.3 is 5.32 Å². The number of benzene rings is 1. The van der Waals surface area contributed by atoms with E-state index < -0.39 is 0 Å². The molecule has 0 radical (unpaired) electrons. The first-order valence-corrected chi connectivity index (χ1v) is 9.10. The summed E-state index contributed by atoms with van der Waals surface area (Å²) in [7, 11) is 0. The van der Waals surface area contributed by atoms with Crippen molar-refractivity contribution in [3.63, 3.8) is 0 Å². The third kappa shape index (κ3) is 3.35. The summed E-state index contributed by atoms with van der Waals surface area (Å²) in [6.45, 7) is 9.66. The Balaban J connectivity index is 2.50. The fraction of sp³-hybridized carbons (Fsp3) is 0.375. The van der Waals surface area contributed by atoms with Crippen molar-refractivity contribution in [2.24, 2.45) is 0 Å². The Kier molecular flexibility index (Phi) is 5.46. The van der Waals surface area contributed by atoms with E-state index in [1.807, 2.05) is 0 Å². The molecular weight excluding hydrogens is 398 g/mol. The van der Waals surface area contributed by atoms with Crippen molar-refractivity contribution >= 4 is 43.2 Å². The van der Waals surface area contributed by atoms with E-state index in [1.54, 1.807) is 11.3 Å². The first kappa shape index (κ1) is 16.2. The predicted molar refractivity (Wildman–Crippen MR) is 95.9 cm³/mol. The van der Waals surface area contributed by atoms with Crippen molar-refractivity contribution in [1.29, 1.82) is 0 Å². The largest absolute Gasteiger partial charge is 0.306 e. The molecule has 0 aliphatic carbocycles. The molecule has 2 rings (SSSR count). The summed E-state index contributed by atoms with van der Waals surface area (Å²) in [5.41, 5.74) is 5.43. The van der Waals surface area contributed by atoms with Crippen LogP contribution in [0.5, 0.6) is 0 Å². The molecule has 0 spiro atoms. The van der Waals surface area contributed by atoms with Crippen LogP contribution in [-0.2, 0) is 0 Å². The van der Waals surface area contributed by atoms with E-state index in [4.69, 9.17) is 0 Å². The third-order valence-electron chi connectivity index (χ3n) is 3.55. The molecule has 0 saturated heterocycles. The quantitative estimate of drug-likeness (QED) is 0.654. The molecule has 0 aliphatic rings. The van der Waals surface area contributed by atoms with E-state index in [0.29, 0.717) is 0 Å². The van der Waals surface area contributed by atoms with E-state index in [0.717, 1.165) is 14.8 Å². The van der Waals surface area contributed by atoms with Gasteiger partial charge in [-0.15, -0.1) is 11.3 Å². The smallest absolute Gasteiger partial charge is 0.0843 e. The number of rotatable bonds is 4. The topological polar surface area (TPSA) is 12.0 Å². The van der Waals surface area contributed by atoms with Gasteiger partial charge in [-0.05, 0) is 87.5 Å². The Morgan fingerprint density at radius 3 is 2.25 bits per heavy atom. The van der Waals surface area contributed by atoms with Gasteiger partial charge in [0.25, 0.3) is 0 Å². The highest BCUT2D eigenvalue weighted by Crippen LogP contribution is 2.38. The minimum absolute atomic E-state index is 0.256. The summed E-state index contributed by atoms with van der Waals surface area (Å²) in [4.78, 5) is 1.33. The number of hydrogen-bond acceptors (Lipinski definition) is 2. The van der Waals surface area contributed by atoms with Gasteiger partial charge in [0.2, 0.25) is 0 Å². The fourth-order valence-electron chi connectivity index (χ4n) is 2.37. The highest BCUT2D eigenvalue weighted by molar-refractivity contribution is 9.13. The van der Waals surface area contributed by atoms with Gasteiger partial charge in [0.05, 0.1) is 9.83 Å². The highest BCUT2D eigenvalue weighted by Gasteiger charge is 2.19. The number of thiophene rings is 1. The average Bonchev–Trinajstić information content (AvgIpc) is 2.71. The molecule has 1 aromatic carbocycles. The Morgan fingerprint density at radius 1 is 1.05 bits per heavy atom. The van der Waals surface area contributed by atoms with E-state index in [-0.39, 0.29) is 6.04 Å². The molecular formula is C16H19Br2NS. The van der Waals surface area contributed by atoms with Crippen LogP contribution >= 0.6 is 43.2 Å². The molecule has 1 atom stereocenters. The second kappa shape index (κ2) is 6.73. The second-order valence-electron chi connectivity index (χ2n) is 5.05. The number of aryl methyl sites for hydroxylation is 3. The van der Waals surface area contributed by atoms with Gasteiger partial charge in [0.1, 0.15) is 0 Å². The van der Waals surface area contributed by atoms with E-state index in [2.05, 4.69) is 83.1 Å². The minimum atomic E-state index is 0.256. The van der Waals surface area contributed by atoms with E-state index >= 15 is 0 Å². The van der Waals surface area contributed by atoms with Crippen molar-refractivity contribution in [3.05, 3.63) is 53.6 Å². The highest BCUT2D eigenvalue weighted by atomic mass is 79.9. The van der Waals surface area contributed by atoms with Crippen molar-refractivity contribution in [2.75, 3.05) is 6.54 Å². The Labute approximate surface area is 142 Å². The van der Waals surface area contributed by atoms with Crippen LogP contribution in [0.2, 0.25) is 0 Å². The molecule has 1 N–H and O–H groups in total. The van der Waals surface area contributed by atoms with Crippen LogP contribution in [-0.4, -0.2) is 6.54 Å². The van der Waals surface area contributed by atoms with Crippen molar-refractivity contribution < 1.29 is 0 Å². The maximum Gasteiger partial charge on any atom is 0.0843 e. The Bertz CT molecular complexity index is 600. The Morgan fingerprint density at radius 2 is 1.70 bits per heavy atom. The van der Waals surface area contributed by atoms with Gasteiger partial charge in [-0.1, -0.05) is 19.1 Å². The van der Waals surface area contributed by atoms with Gasteiger partial charge in [0.15, 0.2) is 0 Å². The van der Waals surface area contributed by atoms with Gasteiger partial charge in [-0.25, -0.2) is 0 Å². The van der Waals surface area contributed by atoms with Gasteiger partial charge in [-0.2, -0.15) is 0 Å². The summed E-state index contributed by atoms with van der Waals surface area (Å²) in [5, 5.41) is 3.61. The molecule has 0 bridgehead atoms. The van der Waals surface area contributed by atoms with Crippen LogP contribution in [0, 0.1) is 20.8 Å². The van der Waals surface area contributed by atoms with Gasteiger partial charge >= 0.3 is 0 Å². The molecule has 1 nitrogen and oxygen atoms in total. The van der Waals surface area contributed by atoms with Crippen LogP contribution in [0.3, 0.4) is 0 Å². The molecule has 1 heterocycles. The summed E-state index contributed by atoms with van der Waals surface area (Å²) in [6, 6.07) is 7.06. The van der Waals surface area contributed by atoms with Crippen LogP contribution < -0.4 is 5.32 Å². The van der Waals surface area contributed by atoms with Crippen molar-refractivity contribution in [1.82, 2.24) is 5.32 Å². The van der Waals surface area contributed by atoms with E-state index in [9.17, 15) is 0 Å². The summed E-state index contributed by atoms with van der Waals surface area (Å²) < 4.78 is 2.28. The number of nitrogens with one attached hydrogen (secondary N) is 1. The monoisotopic (exact) mass is 415 g/mol. The molecule has 0 saturated carbocycles. The zero-order chi connectivity index (χ0) is 14.9. The normalized spacial score (nSPS) is 12.7. The Hall–Kier alpha value is -0.160. The number of hydrogen-bond donors (Lipinski definition) is 1. The summed E-state index contributed by atoms with van der Waals surface area (Å²) in [6.07, 6.45) is 0. The first-order chi connectivity index (χ1) is 9.43. The maximum absolute atomic E-state index is 3.61. The molecule has 4 heteroatoms. The lowest BCUT2D eigenvalue weighted by atomic mass is 9.95. The van der Waals surface area contributed by atoms with Crippen LogP contribution in [0.15, 0.2) is 26.5 Å². The number of halogens is 2. The summed E-state index contributed by atoms with van der Waals surface area (Å²) in [5.74, 6) is 0. The molecule has 0 fully saturated rings. The standard InChI is InChI=1S/C16H19Br2NS/c1-5-19-15(14-8-13(17)16(18)20-14)12-7-10(3)9(2)6-11(12)4/h6-8,15,19H,5H2,1-4H3. The van der Waals surface area contributed by atoms with Crippen LogP contribution in [0.1, 0.15) is 40.1 Å². The zero-order valence-corrected chi connectivity index (χ0v) is 16.2. The van der Waals surface area contributed by atoms with E-state index in [1.165, 1.54) is 27.1 Å². The lowest BCUT2D eigenvalue weighted by Gasteiger charge is -2.20. The molecule has 0 amide bonds. The third-order valence-corrected chi connectivity index (χ3v) is 6.87. The lowest BCUT2D eigenvalue weighted by Crippen LogP contribution is -2.22. The zero-order valence-electron chi connectivity index (χ0n) is 12.2. The molecule has 108 valence electrons. The predicted octanol–water partition coefficient (Wildman–Crippen LogP) is 5.90.